The van der Waals surface area contributed by atoms with Crippen LogP contribution in [0.5, 0.6) is 0 Å². The summed E-state index contributed by atoms with van der Waals surface area (Å²) in [7, 11) is 0. The number of nitrogen functional groups attached to an aromatic ring is 1. The van der Waals surface area contributed by atoms with E-state index in [9.17, 15) is 13.2 Å². The van der Waals surface area contributed by atoms with Gasteiger partial charge >= 0.3 is 6.18 Å². The molecule has 4 nitrogen and oxygen atoms in total. The van der Waals surface area contributed by atoms with E-state index in [-0.39, 0.29) is 0 Å². The number of nitrogens with zero attached hydrogens (tertiary/aromatic N) is 2. The minimum Gasteiger partial charge on any atom is -0.384 e. The molecule has 0 aliphatic rings. The third-order valence-electron chi connectivity index (χ3n) is 3.19. The average Bonchev–Trinajstić information content (AvgIpc) is 2.83. The molecule has 0 saturated heterocycles. The van der Waals surface area contributed by atoms with Gasteiger partial charge in [0.25, 0.3) is 0 Å². The van der Waals surface area contributed by atoms with Crippen LogP contribution in [0.3, 0.4) is 0 Å². The highest BCUT2D eigenvalue weighted by Crippen LogP contribution is 2.31. The lowest BCUT2D eigenvalue weighted by Gasteiger charge is -2.06. The molecule has 0 aromatic carbocycles. The maximum absolute atomic E-state index is 12.8. The molecule has 3 rings (SSSR count). The van der Waals surface area contributed by atoms with Crippen molar-refractivity contribution in [1.29, 1.82) is 0 Å². The van der Waals surface area contributed by atoms with E-state index < -0.39 is 11.7 Å². The summed E-state index contributed by atoms with van der Waals surface area (Å²) in [5, 5.41) is 0.460. The van der Waals surface area contributed by atoms with Crippen molar-refractivity contribution in [3.8, 4) is 0 Å². The first-order valence-electron chi connectivity index (χ1n) is 6.17. The second kappa shape index (κ2) is 4.76. The van der Waals surface area contributed by atoms with Gasteiger partial charge in [0.15, 0.2) is 0 Å². The average molecular weight is 292 g/mol. The number of aromatic nitrogens is 3. The molecule has 21 heavy (non-hydrogen) atoms. The van der Waals surface area contributed by atoms with Crippen molar-refractivity contribution < 1.29 is 13.2 Å². The predicted octanol–water partition coefficient (Wildman–Crippen LogP) is 3.15. The molecule has 3 aromatic rings. The van der Waals surface area contributed by atoms with Crippen molar-refractivity contribution in [3.63, 3.8) is 0 Å². The van der Waals surface area contributed by atoms with Gasteiger partial charge in [-0.15, -0.1) is 0 Å². The van der Waals surface area contributed by atoms with Crippen LogP contribution in [0.2, 0.25) is 0 Å². The van der Waals surface area contributed by atoms with Gasteiger partial charge in [0.1, 0.15) is 11.5 Å². The third kappa shape index (κ3) is 2.67. The van der Waals surface area contributed by atoms with Crippen molar-refractivity contribution in [3.05, 3.63) is 53.5 Å². The number of aromatic amines is 1. The van der Waals surface area contributed by atoms with Crippen LogP contribution in [0.1, 0.15) is 16.7 Å². The Bertz CT molecular complexity index is 775. The zero-order valence-electron chi connectivity index (χ0n) is 10.8. The van der Waals surface area contributed by atoms with Crippen molar-refractivity contribution in [2.75, 3.05) is 5.73 Å². The number of fused-ring (bicyclic) bond motifs is 1. The molecule has 0 unspecified atom stereocenters. The molecule has 0 spiro atoms. The number of H-pyrrole nitrogens is 1. The number of nitrogens with two attached hydrogens (primary N) is 1. The van der Waals surface area contributed by atoms with Gasteiger partial charge in [-0.25, -0.2) is 9.97 Å². The molecule has 0 radical (unpaired) electrons. The lowest BCUT2D eigenvalue weighted by Crippen LogP contribution is -2.05. The van der Waals surface area contributed by atoms with Crippen LogP contribution >= 0.6 is 0 Å². The fraction of sp³-hybridized carbons (Fsp3) is 0.143. The first kappa shape index (κ1) is 13.4. The first-order valence-corrected chi connectivity index (χ1v) is 6.17. The Morgan fingerprint density at radius 2 is 1.95 bits per heavy atom. The maximum atomic E-state index is 12.8. The molecule has 3 aromatic heterocycles. The van der Waals surface area contributed by atoms with E-state index in [1.165, 1.54) is 0 Å². The maximum Gasteiger partial charge on any atom is 0.417 e. The number of halogens is 3. The molecule has 7 heteroatoms. The molecule has 3 N–H and O–H groups in total. The van der Waals surface area contributed by atoms with E-state index in [2.05, 4.69) is 15.0 Å². The molecule has 0 bridgehead atoms. The minimum atomic E-state index is -4.40. The summed E-state index contributed by atoms with van der Waals surface area (Å²) in [5.41, 5.74) is 6.77. The molecular weight excluding hydrogens is 281 g/mol. The highest BCUT2D eigenvalue weighted by atomic mass is 19.4. The van der Waals surface area contributed by atoms with E-state index >= 15 is 0 Å². The Kier molecular flexibility index (Phi) is 3.04. The highest BCUT2D eigenvalue weighted by Gasteiger charge is 2.31. The Hall–Kier alpha value is -2.57. The fourth-order valence-corrected chi connectivity index (χ4v) is 2.12. The summed E-state index contributed by atoms with van der Waals surface area (Å²) in [6.45, 7) is 0. The van der Waals surface area contributed by atoms with Gasteiger partial charge in [0.2, 0.25) is 0 Å². The van der Waals surface area contributed by atoms with Crippen molar-refractivity contribution in [2.45, 2.75) is 12.6 Å². The normalized spacial score (nSPS) is 12.0. The topological polar surface area (TPSA) is 67.6 Å². The van der Waals surface area contributed by atoms with Gasteiger partial charge in [-0.3, -0.25) is 0 Å². The monoisotopic (exact) mass is 292 g/mol. The SMILES string of the molecule is Nc1ccc(Cc2c[nH]c3ncc(C(F)(F)F)cc23)cn1. The molecule has 108 valence electrons. The summed E-state index contributed by atoms with van der Waals surface area (Å²) < 4.78 is 38.3. The summed E-state index contributed by atoms with van der Waals surface area (Å²) in [5.74, 6) is 0.402. The molecule has 0 amide bonds. The second-order valence-corrected chi connectivity index (χ2v) is 4.70. The Balaban J connectivity index is 2.00. The summed E-state index contributed by atoms with van der Waals surface area (Å²) in [6, 6.07) is 4.56. The molecule has 0 saturated carbocycles. The van der Waals surface area contributed by atoms with E-state index in [0.29, 0.717) is 23.3 Å². The van der Waals surface area contributed by atoms with Crippen LogP contribution in [0.25, 0.3) is 11.0 Å². The van der Waals surface area contributed by atoms with Gasteiger partial charge in [-0.05, 0) is 23.3 Å². The molecule has 0 aliphatic carbocycles. The lowest BCUT2D eigenvalue weighted by atomic mass is 10.1. The Morgan fingerprint density at radius 1 is 1.14 bits per heavy atom. The van der Waals surface area contributed by atoms with Crippen LogP contribution in [0.15, 0.2) is 36.8 Å². The fourth-order valence-electron chi connectivity index (χ4n) is 2.12. The van der Waals surface area contributed by atoms with E-state index in [4.69, 9.17) is 5.73 Å². The first-order chi connectivity index (χ1) is 9.93. The number of hydrogen-bond acceptors (Lipinski definition) is 3. The predicted molar refractivity (Wildman–Crippen MR) is 72.6 cm³/mol. The van der Waals surface area contributed by atoms with Crippen LogP contribution in [0, 0.1) is 0 Å². The second-order valence-electron chi connectivity index (χ2n) is 4.70. The number of nitrogens with one attached hydrogen (secondary N) is 1. The van der Waals surface area contributed by atoms with Gasteiger partial charge < -0.3 is 10.7 Å². The third-order valence-corrected chi connectivity index (χ3v) is 3.19. The molecule has 3 heterocycles. The Morgan fingerprint density at radius 3 is 2.62 bits per heavy atom. The summed E-state index contributed by atoms with van der Waals surface area (Å²) >= 11 is 0. The standard InChI is InChI=1S/C14H11F3N4/c15-14(16,17)10-4-11-9(6-20-13(11)21-7-10)3-8-1-2-12(18)19-5-8/h1-2,4-7H,3H2,(H2,18,19)(H,20,21). The van der Waals surface area contributed by atoms with Crippen LogP contribution in [0.4, 0.5) is 19.0 Å². The number of alkyl halides is 3. The van der Waals surface area contributed by atoms with E-state index in [1.807, 2.05) is 0 Å². The summed E-state index contributed by atoms with van der Waals surface area (Å²) in [6.07, 6.45) is 0.144. The molecule has 0 fully saturated rings. The van der Waals surface area contributed by atoms with Crippen molar-refractivity contribution >= 4 is 16.9 Å². The summed E-state index contributed by atoms with van der Waals surface area (Å²) in [4.78, 5) is 10.7. The zero-order valence-corrected chi connectivity index (χ0v) is 10.8. The van der Waals surface area contributed by atoms with Gasteiger partial charge in [0.05, 0.1) is 5.56 Å². The zero-order chi connectivity index (χ0) is 15.0. The minimum absolute atomic E-state index is 0.402. The van der Waals surface area contributed by atoms with Crippen LogP contribution in [-0.2, 0) is 12.6 Å². The number of rotatable bonds is 2. The quantitative estimate of drug-likeness (QED) is 0.762. The van der Waals surface area contributed by atoms with E-state index in [0.717, 1.165) is 23.4 Å². The number of pyridine rings is 2. The Labute approximate surface area is 117 Å². The van der Waals surface area contributed by atoms with Gasteiger partial charge in [-0.2, -0.15) is 13.2 Å². The van der Waals surface area contributed by atoms with E-state index in [1.54, 1.807) is 24.5 Å². The molecular formula is C14H11F3N4. The van der Waals surface area contributed by atoms with Gasteiger partial charge in [0, 0.05) is 30.4 Å². The van der Waals surface area contributed by atoms with Crippen molar-refractivity contribution in [1.82, 2.24) is 15.0 Å². The smallest absolute Gasteiger partial charge is 0.384 e. The molecule has 0 atom stereocenters. The van der Waals surface area contributed by atoms with Crippen molar-refractivity contribution in [2.24, 2.45) is 0 Å². The van der Waals surface area contributed by atoms with Crippen LogP contribution < -0.4 is 5.73 Å². The van der Waals surface area contributed by atoms with Gasteiger partial charge in [-0.1, -0.05) is 6.07 Å². The highest BCUT2D eigenvalue weighted by molar-refractivity contribution is 5.80. The number of anilines is 1. The largest absolute Gasteiger partial charge is 0.417 e. The van der Waals surface area contributed by atoms with Crippen LogP contribution in [-0.4, -0.2) is 15.0 Å². The number of hydrogen-bond donors (Lipinski definition) is 2. The molecule has 0 aliphatic heterocycles. The lowest BCUT2D eigenvalue weighted by molar-refractivity contribution is -0.137.